The summed E-state index contributed by atoms with van der Waals surface area (Å²) < 4.78 is 5.50. The Morgan fingerprint density at radius 1 is 0.333 bits per heavy atom. The normalized spacial score (nSPS) is 12.6. The van der Waals surface area contributed by atoms with E-state index in [9.17, 15) is 19.8 Å². The van der Waals surface area contributed by atoms with E-state index in [-0.39, 0.29) is 18.5 Å². The van der Waals surface area contributed by atoms with Crippen LogP contribution in [0.5, 0.6) is 0 Å². The van der Waals surface area contributed by atoms with Gasteiger partial charge in [-0.25, -0.2) is 0 Å². The third kappa shape index (κ3) is 67.3. The number of nitrogens with one attached hydrogen (secondary N) is 1. The molecule has 6 nitrogen and oxygen atoms in total. The maximum absolute atomic E-state index is 12.5. The van der Waals surface area contributed by atoms with Gasteiger partial charge >= 0.3 is 5.97 Å². The lowest BCUT2D eigenvalue weighted by Crippen LogP contribution is -2.45. The van der Waals surface area contributed by atoms with Crippen molar-refractivity contribution in [1.82, 2.24) is 5.32 Å². The number of aliphatic hydroxyl groups excluding tert-OH is 2. The average Bonchev–Trinajstić information content (AvgIpc) is 3.47. The van der Waals surface area contributed by atoms with Crippen LogP contribution in [-0.4, -0.2) is 47.4 Å². The van der Waals surface area contributed by atoms with Gasteiger partial charge in [0.15, 0.2) is 0 Å². The van der Waals surface area contributed by atoms with Crippen LogP contribution in [0.15, 0.2) is 24.3 Å². The molecular weight excluding hydrogens is 995 g/mol. The number of ether oxygens (including phenoxy) is 1. The van der Waals surface area contributed by atoms with Gasteiger partial charge < -0.3 is 20.3 Å². The summed E-state index contributed by atoms with van der Waals surface area (Å²) in [7, 11) is 0. The molecule has 2 atom stereocenters. The van der Waals surface area contributed by atoms with Crippen molar-refractivity contribution in [3.8, 4) is 0 Å². The molecule has 0 spiro atoms. The molecule has 0 aromatic carbocycles. The van der Waals surface area contributed by atoms with Crippen molar-refractivity contribution < 1.29 is 24.5 Å². The molecule has 0 aromatic heterocycles. The van der Waals surface area contributed by atoms with Gasteiger partial charge in [-0.2, -0.15) is 0 Å². The Labute approximate surface area is 507 Å². The number of amides is 1. The summed E-state index contributed by atoms with van der Waals surface area (Å²) >= 11 is 0. The minimum absolute atomic E-state index is 0.00937. The van der Waals surface area contributed by atoms with Gasteiger partial charge in [-0.15, -0.1) is 0 Å². The number of esters is 1. The molecule has 0 rings (SSSR count). The van der Waals surface area contributed by atoms with E-state index in [1.54, 1.807) is 0 Å². The predicted molar refractivity (Wildman–Crippen MR) is 356 cm³/mol. The zero-order chi connectivity index (χ0) is 58.5. The van der Waals surface area contributed by atoms with Gasteiger partial charge in [-0.05, 0) is 77.0 Å². The number of hydrogen-bond acceptors (Lipinski definition) is 5. The Bertz CT molecular complexity index is 1270. The smallest absolute Gasteiger partial charge is 0.305 e. The number of allylic oxidation sites excluding steroid dienone is 4. The molecule has 0 aliphatic carbocycles. The molecule has 81 heavy (non-hydrogen) atoms. The number of rotatable bonds is 70. The fourth-order valence-electron chi connectivity index (χ4n) is 11.8. The maximum atomic E-state index is 12.5. The predicted octanol–water partition coefficient (Wildman–Crippen LogP) is 24.1. The van der Waals surface area contributed by atoms with Gasteiger partial charge in [0.2, 0.25) is 5.91 Å². The number of carbonyl (C=O) groups excluding carboxylic acids is 2. The summed E-state index contributed by atoms with van der Waals surface area (Å²) in [5.74, 6) is -0.0211. The fraction of sp³-hybridized carbons (Fsp3) is 0.920. The summed E-state index contributed by atoms with van der Waals surface area (Å²) in [5, 5.41) is 23.4. The fourth-order valence-corrected chi connectivity index (χ4v) is 11.8. The van der Waals surface area contributed by atoms with Gasteiger partial charge in [-0.1, -0.05) is 353 Å². The van der Waals surface area contributed by atoms with Gasteiger partial charge in [0.1, 0.15) is 0 Å². The van der Waals surface area contributed by atoms with Crippen LogP contribution in [0.1, 0.15) is 418 Å². The maximum Gasteiger partial charge on any atom is 0.305 e. The highest BCUT2D eigenvalue weighted by molar-refractivity contribution is 5.76. The lowest BCUT2D eigenvalue weighted by molar-refractivity contribution is -0.143. The molecule has 0 saturated heterocycles. The molecule has 0 aliphatic heterocycles. The lowest BCUT2D eigenvalue weighted by Gasteiger charge is -2.22. The van der Waals surface area contributed by atoms with Crippen molar-refractivity contribution in [2.75, 3.05) is 13.2 Å². The van der Waals surface area contributed by atoms with Crippen molar-refractivity contribution in [1.29, 1.82) is 0 Å². The number of carbonyl (C=O) groups is 2. The standard InChI is InChI=1S/C75H145NO5/c1-3-5-7-9-11-13-15-17-19-21-22-33-36-39-43-47-51-55-59-63-67-73(78)72(71-77)76-74(79)68-64-60-56-52-48-44-40-37-34-31-29-27-25-23-24-26-28-30-32-35-38-42-46-50-54-58-62-66-70-81-75(80)69-65-61-57-53-49-45-41-20-18-16-14-12-10-8-6-4-2/h20,23-24,41,72-73,77-78H,3-19,21-22,25-40,42-71H2,1-2H3,(H,76,79)/b24-23-,41-20-. The molecule has 0 saturated carbocycles. The van der Waals surface area contributed by atoms with Crippen LogP contribution in [0.2, 0.25) is 0 Å². The molecule has 1 amide bonds. The van der Waals surface area contributed by atoms with Crippen LogP contribution in [0.25, 0.3) is 0 Å². The van der Waals surface area contributed by atoms with Crippen LogP contribution in [0.4, 0.5) is 0 Å². The van der Waals surface area contributed by atoms with Crippen LogP contribution >= 0.6 is 0 Å². The summed E-state index contributed by atoms with van der Waals surface area (Å²) in [6.07, 6.45) is 89.5. The van der Waals surface area contributed by atoms with Crippen LogP contribution < -0.4 is 5.32 Å². The topological polar surface area (TPSA) is 95.9 Å². The first-order valence-corrected chi connectivity index (χ1v) is 37.1. The Balaban J connectivity index is 3.37. The van der Waals surface area contributed by atoms with E-state index in [1.165, 1.54) is 340 Å². The van der Waals surface area contributed by atoms with E-state index < -0.39 is 12.1 Å². The molecule has 0 heterocycles. The minimum atomic E-state index is -0.665. The molecule has 0 radical (unpaired) electrons. The highest BCUT2D eigenvalue weighted by atomic mass is 16.5. The Kier molecular flexibility index (Phi) is 69.4. The Hall–Kier alpha value is -1.66. The van der Waals surface area contributed by atoms with Crippen molar-refractivity contribution in [2.45, 2.75) is 431 Å². The molecule has 0 fully saturated rings. The molecule has 0 aromatic rings. The van der Waals surface area contributed by atoms with Crippen LogP contribution in [-0.2, 0) is 14.3 Å². The third-order valence-electron chi connectivity index (χ3n) is 17.5. The number of unbranched alkanes of at least 4 members (excludes halogenated alkanes) is 55. The molecule has 2 unspecified atom stereocenters. The van der Waals surface area contributed by atoms with E-state index >= 15 is 0 Å². The second-order valence-electron chi connectivity index (χ2n) is 25.6. The quantitative estimate of drug-likeness (QED) is 0.0320. The van der Waals surface area contributed by atoms with Gasteiger partial charge in [0, 0.05) is 12.8 Å². The molecule has 0 aliphatic rings. The van der Waals surface area contributed by atoms with Crippen molar-refractivity contribution in [3.63, 3.8) is 0 Å². The summed E-state index contributed by atoms with van der Waals surface area (Å²) in [5.41, 5.74) is 0. The summed E-state index contributed by atoms with van der Waals surface area (Å²) in [4.78, 5) is 24.6. The zero-order valence-corrected chi connectivity index (χ0v) is 55.0. The second kappa shape index (κ2) is 70.8. The molecular formula is C75H145NO5. The first kappa shape index (κ1) is 79.3. The van der Waals surface area contributed by atoms with E-state index in [2.05, 4.69) is 43.5 Å². The van der Waals surface area contributed by atoms with E-state index in [0.717, 1.165) is 44.9 Å². The van der Waals surface area contributed by atoms with E-state index in [1.807, 2.05) is 0 Å². The first-order valence-electron chi connectivity index (χ1n) is 37.1. The van der Waals surface area contributed by atoms with E-state index in [0.29, 0.717) is 25.9 Å². The van der Waals surface area contributed by atoms with Crippen molar-refractivity contribution in [3.05, 3.63) is 24.3 Å². The highest BCUT2D eigenvalue weighted by Crippen LogP contribution is 2.19. The number of aliphatic hydroxyl groups is 2. The van der Waals surface area contributed by atoms with Crippen molar-refractivity contribution >= 4 is 11.9 Å². The minimum Gasteiger partial charge on any atom is -0.466 e. The van der Waals surface area contributed by atoms with E-state index in [4.69, 9.17) is 4.74 Å². The summed E-state index contributed by atoms with van der Waals surface area (Å²) in [6, 6.07) is -0.542. The van der Waals surface area contributed by atoms with Crippen LogP contribution in [0, 0.1) is 0 Å². The zero-order valence-electron chi connectivity index (χ0n) is 55.0. The Morgan fingerprint density at radius 2 is 0.580 bits per heavy atom. The average molecular weight is 1140 g/mol. The molecule has 0 bridgehead atoms. The molecule has 480 valence electrons. The van der Waals surface area contributed by atoms with Gasteiger partial charge in [0.25, 0.3) is 0 Å². The lowest BCUT2D eigenvalue weighted by atomic mass is 10.0. The summed E-state index contributed by atoms with van der Waals surface area (Å²) in [6.45, 7) is 4.99. The van der Waals surface area contributed by atoms with Crippen LogP contribution in [0.3, 0.4) is 0 Å². The molecule has 6 heteroatoms. The monoisotopic (exact) mass is 1140 g/mol. The second-order valence-corrected chi connectivity index (χ2v) is 25.6. The SMILES string of the molecule is CCCCCCCCC/C=C\CCCCCCCC(=O)OCCCCCCCCCCCCCC/C=C\CCCCCCCCCCCCCCC(=O)NC(CO)C(O)CCCCCCCCCCCCCCCCCCCCCC. The number of hydrogen-bond donors (Lipinski definition) is 3. The van der Waals surface area contributed by atoms with Gasteiger partial charge in [0.05, 0.1) is 25.4 Å². The van der Waals surface area contributed by atoms with Crippen molar-refractivity contribution in [2.24, 2.45) is 0 Å². The highest BCUT2D eigenvalue weighted by Gasteiger charge is 2.20. The largest absolute Gasteiger partial charge is 0.466 e. The first-order chi connectivity index (χ1) is 40.0. The third-order valence-corrected chi connectivity index (χ3v) is 17.5. The van der Waals surface area contributed by atoms with Gasteiger partial charge in [-0.3, -0.25) is 9.59 Å². The Morgan fingerprint density at radius 3 is 0.877 bits per heavy atom. The molecule has 3 N–H and O–H groups in total.